The number of quaternary nitrogens is 1. The van der Waals surface area contributed by atoms with E-state index < -0.39 is 0 Å². The molecule has 164 valence electrons. The van der Waals surface area contributed by atoms with Crippen molar-refractivity contribution in [3.05, 3.63) is 83.3 Å². The molecule has 1 aromatic heterocycles. The SMILES string of the molecule is CCCNC(=O)c1ccc(C[NH+](Cc2ccccc2)Cc2cc(OC)ccc2OC)o1. The van der Waals surface area contributed by atoms with Crippen LogP contribution < -0.4 is 19.7 Å². The molecular formula is C25H31N2O4+. The van der Waals surface area contributed by atoms with Crippen LogP contribution >= 0.6 is 0 Å². The zero-order chi connectivity index (χ0) is 22.1. The first kappa shape index (κ1) is 22.4. The summed E-state index contributed by atoms with van der Waals surface area (Å²) in [5.41, 5.74) is 2.28. The Kier molecular flexibility index (Phi) is 8.12. The van der Waals surface area contributed by atoms with Crippen molar-refractivity contribution in [2.45, 2.75) is 33.0 Å². The smallest absolute Gasteiger partial charge is 0.286 e. The molecule has 6 heteroatoms. The lowest BCUT2D eigenvalue weighted by Gasteiger charge is -2.20. The molecule has 0 saturated heterocycles. The highest BCUT2D eigenvalue weighted by molar-refractivity contribution is 5.91. The third kappa shape index (κ3) is 6.36. The molecule has 3 rings (SSSR count). The predicted octanol–water partition coefficient (Wildman–Crippen LogP) is 3.22. The van der Waals surface area contributed by atoms with Crippen molar-refractivity contribution in [3.63, 3.8) is 0 Å². The van der Waals surface area contributed by atoms with E-state index in [0.717, 1.165) is 35.8 Å². The van der Waals surface area contributed by atoms with Gasteiger partial charge < -0.3 is 24.1 Å². The van der Waals surface area contributed by atoms with E-state index >= 15 is 0 Å². The number of carbonyl (C=O) groups is 1. The second kappa shape index (κ2) is 11.2. The van der Waals surface area contributed by atoms with Crippen molar-refractivity contribution in [1.29, 1.82) is 0 Å². The van der Waals surface area contributed by atoms with E-state index in [1.807, 2.05) is 49.4 Å². The van der Waals surface area contributed by atoms with Crippen LogP contribution in [-0.4, -0.2) is 26.7 Å². The minimum Gasteiger partial charge on any atom is -0.497 e. The molecule has 1 amide bonds. The second-order valence-electron chi connectivity index (χ2n) is 7.47. The molecule has 2 aromatic carbocycles. The zero-order valence-electron chi connectivity index (χ0n) is 18.4. The Morgan fingerprint density at radius 2 is 1.77 bits per heavy atom. The van der Waals surface area contributed by atoms with Gasteiger partial charge in [0.2, 0.25) is 0 Å². The van der Waals surface area contributed by atoms with Crippen LogP contribution in [-0.2, 0) is 19.6 Å². The van der Waals surface area contributed by atoms with Crippen LogP contribution in [0.5, 0.6) is 11.5 Å². The van der Waals surface area contributed by atoms with Crippen LogP contribution in [0.4, 0.5) is 0 Å². The first-order valence-corrected chi connectivity index (χ1v) is 10.6. The van der Waals surface area contributed by atoms with Crippen LogP contribution in [0.2, 0.25) is 0 Å². The Hall–Kier alpha value is -3.25. The van der Waals surface area contributed by atoms with Gasteiger partial charge in [0.15, 0.2) is 11.5 Å². The van der Waals surface area contributed by atoms with E-state index in [-0.39, 0.29) is 5.91 Å². The molecule has 0 spiro atoms. The quantitative estimate of drug-likeness (QED) is 0.497. The number of hydrogen-bond acceptors (Lipinski definition) is 4. The van der Waals surface area contributed by atoms with Crippen LogP contribution in [0, 0.1) is 0 Å². The second-order valence-corrected chi connectivity index (χ2v) is 7.47. The molecular weight excluding hydrogens is 392 g/mol. The van der Waals surface area contributed by atoms with Crippen molar-refractivity contribution in [3.8, 4) is 11.5 Å². The molecule has 1 unspecified atom stereocenters. The zero-order valence-corrected chi connectivity index (χ0v) is 18.4. The van der Waals surface area contributed by atoms with Crippen molar-refractivity contribution in [2.75, 3.05) is 20.8 Å². The molecule has 6 nitrogen and oxygen atoms in total. The molecule has 31 heavy (non-hydrogen) atoms. The minimum atomic E-state index is -0.174. The highest BCUT2D eigenvalue weighted by Crippen LogP contribution is 2.23. The molecule has 0 aliphatic heterocycles. The van der Waals surface area contributed by atoms with Crippen LogP contribution in [0.1, 0.15) is 40.8 Å². The minimum absolute atomic E-state index is 0.174. The van der Waals surface area contributed by atoms with Gasteiger partial charge in [-0.15, -0.1) is 0 Å². The molecule has 0 radical (unpaired) electrons. The van der Waals surface area contributed by atoms with Crippen molar-refractivity contribution >= 4 is 5.91 Å². The maximum absolute atomic E-state index is 12.2. The standard InChI is InChI=1S/C25H30N2O4/c1-4-14-26-25(28)24-13-11-22(31-24)18-27(16-19-8-6-5-7-9-19)17-20-15-21(29-2)10-12-23(20)30-3/h5-13,15H,4,14,16-18H2,1-3H3,(H,26,28)/p+1. The predicted molar refractivity (Wildman–Crippen MR) is 119 cm³/mol. The highest BCUT2D eigenvalue weighted by Gasteiger charge is 2.19. The normalized spacial score (nSPS) is 11.7. The summed E-state index contributed by atoms with van der Waals surface area (Å²) in [6.07, 6.45) is 0.886. The largest absolute Gasteiger partial charge is 0.497 e. The lowest BCUT2D eigenvalue weighted by atomic mass is 10.1. The number of hydrogen-bond donors (Lipinski definition) is 2. The first-order valence-electron chi connectivity index (χ1n) is 10.6. The molecule has 3 aromatic rings. The van der Waals surface area contributed by atoms with Gasteiger partial charge in [0, 0.05) is 12.1 Å². The fourth-order valence-electron chi connectivity index (χ4n) is 3.53. The Morgan fingerprint density at radius 1 is 0.968 bits per heavy atom. The summed E-state index contributed by atoms with van der Waals surface area (Å²) < 4.78 is 16.8. The van der Waals surface area contributed by atoms with Gasteiger partial charge in [0.05, 0.1) is 19.8 Å². The molecule has 0 aliphatic rings. The number of ether oxygens (including phenoxy) is 2. The lowest BCUT2D eigenvalue weighted by molar-refractivity contribution is -0.942. The summed E-state index contributed by atoms with van der Waals surface area (Å²) in [6.45, 7) is 4.81. The van der Waals surface area contributed by atoms with Gasteiger partial charge in [-0.1, -0.05) is 37.3 Å². The number of carbonyl (C=O) groups excluding carboxylic acids is 1. The molecule has 0 aliphatic carbocycles. The molecule has 2 N–H and O–H groups in total. The molecule has 1 atom stereocenters. The average Bonchev–Trinajstić information content (AvgIpc) is 3.26. The maximum Gasteiger partial charge on any atom is 0.286 e. The molecule has 0 saturated carbocycles. The maximum atomic E-state index is 12.2. The van der Waals surface area contributed by atoms with E-state index in [1.165, 1.54) is 10.5 Å². The lowest BCUT2D eigenvalue weighted by Crippen LogP contribution is -3.08. The number of rotatable bonds is 11. The van der Waals surface area contributed by atoms with Crippen LogP contribution in [0.3, 0.4) is 0 Å². The number of benzene rings is 2. The van der Waals surface area contributed by atoms with Gasteiger partial charge in [-0.25, -0.2) is 0 Å². The topological polar surface area (TPSA) is 65.1 Å². The summed E-state index contributed by atoms with van der Waals surface area (Å²) in [5.74, 6) is 2.57. The van der Waals surface area contributed by atoms with Gasteiger partial charge in [0.1, 0.15) is 31.1 Å². The first-order chi connectivity index (χ1) is 15.1. The third-order valence-electron chi connectivity index (χ3n) is 5.07. The van der Waals surface area contributed by atoms with Crippen LogP contribution in [0.15, 0.2) is 65.1 Å². The van der Waals surface area contributed by atoms with Crippen molar-refractivity contribution in [2.24, 2.45) is 0 Å². The Bertz CT molecular complexity index is 969. The van der Waals surface area contributed by atoms with E-state index in [2.05, 4.69) is 17.4 Å². The van der Waals surface area contributed by atoms with Crippen molar-refractivity contribution in [1.82, 2.24) is 5.32 Å². The summed E-state index contributed by atoms with van der Waals surface area (Å²) in [4.78, 5) is 13.5. The Morgan fingerprint density at radius 3 is 2.48 bits per heavy atom. The van der Waals surface area contributed by atoms with E-state index in [1.54, 1.807) is 20.3 Å². The third-order valence-corrected chi connectivity index (χ3v) is 5.07. The monoisotopic (exact) mass is 423 g/mol. The molecule has 0 bridgehead atoms. The van der Waals surface area contributed by atoms with E-state index in [0.29, 0.717) is 25.4 Å². The fraction of sp³-hybridized carbons (Fsp3) is 0.320. The summed E-state index contributed by atoms with van der Waals surface area (Å²) >= 11 is 0. The summed E-state index contributed by atoms with van der Waals surface area (Å²) in [6, 6.07) is 19.8. The number of methoxy groups -OCH3 is 2. The number of amides is 1. The summed E-state index contributed by atoms with van der Waals surface area (Å²) in [7, 11) is 3.34. The van der Waals surface area contributed by atoms with E-state index in [4.69, 9.17) is 13.9 Å². The fourth-order valence-corrected chi connectivity index (χ4v) is 3.53. The highest BCUT2D eigenvalue weighted by atomic mass is 16.5. The van der Waals surface area contributed by atoms with Gasteiger partial charge in [-0.2, -0.15) is 0 Å². The average molecular weight is 424 g/mol. The number of furan rings is 1. The molecule has 1 heterocycles. The Balaban J connectivity index is 1.81. The van der Waals surface area contributed by atoms with Crippen molar-refractivity contribution < 1.29 is 23.6 Å². The van der Waals surface area contributed by atoms with Crippen LogP contribution in [0.25, 0.3) is 0 Å². The van der Waals surface area contributed by atoms with Gasteiger partial charge in [-0.05, 0) is 36.8 Å². The Labute approximate surface area is 183 Å². The van der Waals surface area contributed by atoms with Gasteiger partial charge in [0.25, 0.3) is 5.91 Å². The van der Waals surface area contributed by atoms with Gasteiger partial charge >= 0.3 is 0 Å². The van der Waals surface area contributed by atoms with Gasteiger partial charge in [-0.3, -0.25) is 4.79 Å². The van der Waals surface area contributed by atoms with E-state index in [9.17, 15) is 4.79 Å². The molecule has 0 fully saturated rings. The number of nitrogens with one attached hydrogen (secondary N) is 2. The summed E-state index contributed by atoms with van der Waals surface area (Å²) in [5, 5.41) is 2.85.